The van der Waals surface area contributed by atoms with E-state index in [2.05, 4.69) is 25.2 Å². The number of ether oxygens (including phenoxy) is 5. The van der Waals surface area contributed by atoms with Crippen LogP contribution in [0, 0.1) is 11.7 Å². The van der Waals surface area contributed by atoms with Crippen molar-refractivity contribution in [3.8, 4) is 34.1 Å². The summed E-state index contributed by atoms with van der Waals surface area (Å²) in [5, 5.41) is 2.93. The van der Waals surface area contributed by atoms with Crippen molar-refractivity contribution in [1.82, 2.24) is 5.32 Å². The predicted molar refractivity (Wildman–Crippen MR) is 204 cm³/mol. The molecular weight excluding hydrogens is 673 g/mol. The number of halogens is 1. The van der Waals surface area contributed by atoms with Gasteiger partial charge in [0.15, 0.2) is 6.10 Å². The van der Waals surface area contributed by atoms with Crippen molar-refractivity contribution in [2.75, 3.05) is 26.4 Å². The van der Waals surface area contributed by atoms with E-state index in [-0.39, 0.29) is 30.2 Å². The predicted octanol–water partition coefficient (Wildman–Crippen LogP) is 8.83. The number of carbonyl (C=O) groups is 2. The summed E-state index contributed by atoms with van der Waals surface area (Å²) in [6.07, 6.45) is 4.33. The first kappa shape index (κ1) is 39.2. The van der Waals surface area contributed by atoms with E-state index >= 15 is 0 Å². The summed E-state index contributed by atoms with van der Waals surface area (Å²) in [6, 6.07) is 24.5. The van der Waals surface area contributed by atoms with E-state index in [4.69, 9.17) is 23.7 Å². The first-order chi connectivity index (χ1) is 25.8. The highest BCUT2D eigenvalue weighted by molar-refractivity contribution is 5.81. The number of hydrogen-bond donors (Lipinski definition) is 1. The van der Waals surface area contributed by atoms with Gasteiger partial charge < -0.3 is 29.0 Å². The Hall–Kier alpha value is -5.05. The molecule has 1 heterocycles. The zero-order valence-corrected chi connectivity index (χ0v) is 31.4. The minimum atomic E-state index is -0.594. The third-order valence-electron chi connectivity index (χ3n) is 9.10. The molecule has 0 fully saturated rings. The Balaban J connectivity index is 1.19. The second-order valence-electron chi connectivity index (χ2n) is 13.5. The summed E-state index contributed by atoms with van der Waals surface area (Å²) in [5.41, 5.74) is 5.89. The van der Waals surface area contributed by atoms with Crippen LogP contribution < -0.4 is 24.3 Å². The van der Waals surface area contributed by atoms with Gasteiger partial charge in [-0.2, -0.15) is 0 Å². The van der Waals surface area contributed by atoms with Crippen molar-refractivity contribution in [1.29, 1.82) is 0 Å². The summed E-state index contributed by atoms with van der Waals surface area (Å²) in [6.45, 7) is 9.72. The van der Waals surface area contributed by atoms with Crippen LogP contribution in [-0.4, -0.2) is 44.3 Å². The van der Waals surface area contributed by atoms with Crippen molar-refractivity contribution in [2.45, 2.75) is 85.4 Å². The molecule has 0 saturated heterocycles. The first-order valence-electron chi connectivity index (χ1n) is 18.9. The fourth-order valence-corrected chi connectivity index (χ4v) is 6.18. The highest BCUT2D eigenvalue weighted by Crippen LogP contribution is 2.39. The fraction of sp³-hybridized carbons (Fsp3) is 0.409. The van der Waals surface area contributed by atoms with Crippen LogP contribution in [0.4, 0.5) is 4.39 Å². The molecular formula is C44H52FNO7. The number of carbonyl (C=O) groups excluding carboxylic acids is 2. The van der Waals surface area contributed by atoms with Gasteiger partial charge in [0.25, 0.3) is 5.91 Å². The molecule has 1 unspecified atom stereocenters. The average molecular weight is 726 g/mol. The van der Waals surface area contributed by atoms with Crippen LogP contribution in [0.2, 0.25) is 0 Å². The molecule has 5 rings (SSSR count). The van der Waals surface area contributed by atoms with E-state index in [1.165, 1.54) is 12.1 Å². The number of amides is 1. The lowest BCUT2D eigenvalue weighted by Crippen LogP contribution is -2.41. The lowest BCUT2D eigenvalue weighted by atomic mass is 9.96. The largest absolute Gasteiger partial charge is 0.493 e. The highest BCUT2D eigenvalue weighted by atomic mass is 19.1. The molecule has 8 nitrogen and oxygen atoms in total. The Kier molecular flexibility index (Phi) is 14.6. The Morgan fingerprint density at radius 3 is 2.34 bits per heavy atom. The van der Waals surface area contributed by atoms with Gasteiger partial charge in [0.2, 0.25) is 0 Å². The zero-order chi connectivity index (χ0) is 37.6. The lowest BCUT2D eigenvalue weighted by Gasteiger charge is -2.28. The van der Waals surface area contributed by atoms with E-state index in [1.807, 2.05) is 48.5 Å². The molecule has 4 aromatic rings. The molecule has 282 valence electrons. The molecule has 1 N–H and O–H groups in total. The van der Waals surface area contributed by atoms with E-state index in [1.54, 1.807) is 26.0 Å². The minimum Gasteiger partial charge on any atom is -0.493 e. The van der Waals surface area contributed by atoms with E-state index in [0.29, 0.717) is 51.4 Å². The summed E-state index contributed by atoms with van der Waals surface area (Å²) in [5.74, 6) is 2.05. The molecule has 1 amide bonds. The van der Waals surface area contributed by atoms with Gasteiger partial charge in [-0.25, -0.2) is 4.39 Å². The molecule has 4 aromatic carbocycles. The summed E-state index contributed by atoms with van der Waals surface area (Å²) in [4.78, 5) is 24.7. The Labute approximate surface area is 313 Å². The van der Waals surface area contributed by atoms with Crippen LogP contribution in [0.5, 0.6) is 23.0 Å². The monoisotopic (exact) mass is 725 g/mol. The van der Waals surface area contributed by atoms with Crippen LogP contribution in [-0.2, 0) is 40.2 Å². The SMILES string of the molecule is CCCc1c(OCCCOc2cc(OCc3ccccc3)c(-c3ccc(F)cc3)cc2CC)ccc2c1OC(C(=O)NCCCOC(=O)C(C)C)CC2. The van der Waals surface area contributed by atoms with E-state index in [9.17, 15) is 14.0 Å². The number of nitrogens with one attached hydrogen (secondary N) is 1. The minimum absolute atomic E-state index is 0.164. The third kappa shape index (κ3) is 11.0. The maximum absolute atomic E-state index is 13.8. The van der Waals surface area contributed by atoms with Gasteiger partial charge in [-0.3, -0.25) is 9.59 Å². The van der Waals surface area contributed by atoms with Gasteiger partial charge in [0.05, 0.1) is 25.7 Å². The van der Waals surface area contributed by atoms with Crippen molar-refractivity contribution in [3.63, 3.8) is 0 Å². The Morgan fingerprint density at radius 2 is 1.62 bits per heavy atom. The van der Waals surface area contributed by atoms with Crippen LogP contribution in [0.1, 0.15) is 75.6 Å². The number of esters is 1. The molecule has 9 heteroatoms. The highest BCUT2D eigenvalue weighted by Gasteiger charge is 2.29. The smallest absolute Gasteiger partial charge is 0.308 e. The van der Waals surface area contributed by atoms with Gasteiger partial charge in [0, 0.05) is 30.2 Å². The number of hydrogen-bond acceptors (Lipinski definition) is 7. The number of aryl methyl sites for hydroxylation is 2. The lowest BCUT2D eigenvalue weighted by molar-refractivity contribution is -0.147. The zero-order valence-electron chi connectivity index (χ0n) is 31.4. The number of rotatable bonds is 19. The van der Waals surface area contributed by atoms with Gasteiger partial charge >= 0.3 is 5.97 Å². The normalized spacial score (nSPS) is 13.5. The first-order valence-corrected chi connectivity index (χ1v) is 18.9. The molecule has 1 aliphatic heterocycles. The van der Waals surface area contributed by atoms with Crippen LogP contribution in [0.3, 0.4) is 0 Å². The second kappa shape index (κ2) is 19.7. The molecule has 1 atom stereocenters. The molecule has 53 heavy (non-hydrogen) atoms. The van der Waals surface area contributed by atoms with E-state index < -0.39 is 6.10 Å². The Morgan fingerprint density at radius 1 is 0.868 bits per heavy atom. The van der Waals surface area contributed by atoms with Crippen LogP contribution in [0.15, 0.2) is 78.9 Å². The van der Waals surface area contributed by atoms with Gasteiger partial charge in [-0.1, -0.05) is 82.6 Å². The number of fused-ring (bicyclic) bond motifs is 1. The van der Waals surface area contributed by atoms with Gasteiger partial charge in [-0.15, -0.1) is 0 Å². The molecule has 1 aliphatic rings. The fourth-order valence-electron chi connectivity index (χ4n) is 6.18. The van der Waals surface area contributed by atoms with E-state index in [0.717, 1.165) is 76.3 Å². The molecule has 0 spiro atoms. The Bertz CT molecular complexity index is 1790. The summed E-state index contributed by atoms with van der Waals surface area (Å²) < 4.78 is 44.3. The maximum Gasteiger partial charge on any atom is 0.308 e. The number of benzene rings is 4. The van der Waals surface area contributed by atoms with Crippen LogP contribution in [0.25, 0.3) is 11.1 Å². The standard InChI is InChI=1S/C44H52FNO7/c1-5-12-36-38(21-17-34-18-22-39(53-42(34)36)43(47)46-23-10-24-51-44(48)30(3)4)49-25-11-26-50-40-28-41(52-29-31-13-8-7-9-14-31)37(27-32(40)6-2)33-15-19-35(45)20-16-33/h7-9,13-17,19-21,27-28,30,39H,5-6,10-12,18,22-26,29H2,1-4H3,(H,46,47). The molecule has 0 saturated carbocycles. The summed E-state index contributed by atoms with van der Waals surface area (Å²) in [7, 11) is 0. The van der Waals surface area contributed by atoms with Gasteiger partial charge in [-0.05, 0) is 78.6 Å². The quantitative estimate of drug-likeness (QED) is 0.0763. The average Bonchev–Trinajstić information content (AvgIpc) is 3.17. The summed E-state index contributed by atoms with van der Waals surface area (Å²) >= 11 is 0. The molecule has 0 aromatic heterocycles. The maximum atomic E-state index is 13.8. The van der Waals surface area contributed by atoms with Crippen molar-refractivity contribution in [2.24, 2.45) is 5.92 Å². The van der Waals surface area contributed by atoms with Crippen molar-refractivity contribution >= 4 is 11.9 Å². The molecule has 0 bridgehead atoms. The topological polar surface area (TPSA) is 92.3 Å². The van der Waals surface area contributed by atoms with Gasteiger partial charge in [0.1, 0.15) is 35.4 Å². The van der Waals surface area contributed by atoms with Crippen LogP contribution >= 0.6 is 0 Å². The second-order valence-corrected chi connectivity index (χ2v) is 13.5. The van der Waals surface area contributed by atoms with Crippen molar-refractivity contribution in [3.05, 3.63) is 107 Å². The van der Waals surface area contributed by atoms with Crippen molar-refractivity contribution < 1.29 is 37.7 Å². The molecule has 0 radical (unpaired) electrons. The molecule has 0 aliphatic carbocycles. The third-order valence-corrected chi connectivity index (χ3v) is 9.10.